The van der Waals surface area contributed by atoms with E-state index in [0.717, 1.165) is 11.3 Å². The van der Waals surface area contributed by atoms with E-state index in [-0.39, 0.29) is 18.4 Å². The van der Waals surface area contributed by atoms with Crippen LogP contribution < -0.4 is 29.2 Å². The van der Waals surface area contributed by atoms with Gasteiger partial charge in [-0.3, -0.25) is 9.59 Å². The van der Waals surface area contributed by atoms with Gasteiger partial charge < -0.3 is 29.2 Å². The third-order valence-electron chi connectivity index (χ3n) is 5.54. The molecule has 1 aliphatic rings. The first-order chi connectivity index (χ1) is 17.6. The number of anilines is 2. The van der Waals surface area contributed by atoms with Crippen LogP contribution in [0.5, 0.6) is 23.0 Å². The molecule has 2 amide bonds. The maximum absolute atomic E-state index is 12.6. The predicted octanol–water partition coefficient (Wildman–Crippen LogP) is 4.55. The van der Waals surface area contributed by atoms with Gasteiger partial charge in [0.15, 0.2) is 18.1 Å². The first kappa shape index (κ1) is 24.7. The van der Waals surface area contributed by atoms with Crippen LogP contribution >= 0.6 is 0 Å². The van der Waals surface area contributed by atoms with Crippen LogP contribution in [-0.2, 0) is 9.59 Å². The first-order valence-electron chi connectivity index (χ1n) is 11.5. The molecule has 36 heavy (non-hydrogen) atoms. The van der Waals surface area contributed by atoms with E-state index in [4.69, 9.17) is 18.9 Å². The SMILES string of the molecule is COc1ccc(/C=C/C(=O)Nc2ccc3c(c2)N(CCCOc2ccccc2)C(=O)CO3)cc1OC. The van der Waals surface area contributed by atoms with E-state index in [1.807, 2.05) is 36.4 Å². The maximum atomic E-state index is 12.6. The van der Waals surface area contributed by atoms with E-state index in [1.54, 1.807) is 55.5 Å². The van der Waals surface area contributed by atoms with Crippen molar-refractivity contribution in [3.05, 3.63) is 78.4 Å². The number of nitrogens with one attached hydrogen (secondary N) is 1. The summed E-state index contributed by atoms with van der Waals surface area (Å²) in [5, 5.41) is 2.84. The molecule has 0 aliphatic carbocycles. The second-order valence-electron chi connectivity index (χ2n) is 7.97. The second-order valence-corrected chi connectivity index (χ2v) is 7.97. The lowest BCUT2D eigenvalue weighted by molar-refractivity contribution is -0.121. The summed E-state index contributed by atoms with van der Waals surface area (Å²) in [5.41, 5.74) is 1.96. The van der Waals surface area contributed by atoms with E-state index in [1.165, 1.54) is 6.08 Å². The van der Waals surface area contributed by atoms with Crippen molar-refractivity contribution >= 4 is 29.3 Å². The monoisotopic (exact) mass is 488 g/mol. The topological polar surface area (TPSA) is 86.3 Å². The molecule has 0 aromatic heterocycles. The Hall–Kier alpha value is -4.46. The highest BCUT2D eigenvalue weighted by molar-refractivity contribution is 6.03. The molecule has 0 bridgehead atoms. The molecule has 0 saturated carbocycles. The molecule has 0 radical (unpaired) electrons. The molecule has 8 nitrogen and oxygen atoms in total. The molecule has 0 atom stereocenters. The minimum atomic E-state index is -0.310. The fourth-order valence-corrected chi connectivity index (χ4v) is 3.77. The van der Waals surface area contributed by atoms with Crippen molar-refractivity contribution in [2.45, 2.75) is 6.42 Å². The highest BCUT2D eigenvalue weighted by atomic mass is 16.5. The van der Waals surface area contributed by atoms with Gasteiger partial charge in [0.25, 0.3) is 5.91 Å². The zero-order chi connectivity index (χ0) is 25.3. The standard InChI is InChI=1S/C28H28N2O6/c1-33-25-12-9-20(17-26(25)34-2)10-14-27(31)29-21-11-13-24-23(18-21)30(28(32)19-36-24)15-6-16-35-22-7-4-3-5-8-22/h3-5,7-14,17-18H,6,15-16,19H2,1-2H3,(H,29,31)/b14-10+. The largest absolute Gasteiger partial charge is 0.494 e. The normalized spacial score (nSPS) is 12.6. The molecule has 8 heteroatoms. The Balaban J connectivity index is 1.39. The summed E-state index contributed by atoms with van der Waals surface area (Å²) in [5.74, 6) is 2.12. The van der Waals surface area contributed by atoms with Crippen LogP contribution in [0.1, 0.15) is 12.0 Å². The van der Waals surface area contributed by atoms with Gasteiger partial charge in [-0.2, -0.15) is 0 Å². The Morgan fingerprint density at radius 2 is 1.83 bits per heavy atom. The van der Waals surface area contributed by atoms with Crippen LogP contribution in [0.2, 0.25) is 0 Å². The zero-order valence-corrected chi connectivity index (χ0v) is 20.2. The first-order valence-corrected chi connectivity index (χ1v) is 11.5. The number of hydrogen-bond donors (Lipinski definition) is 1. The lowest BCUT2D eigenvalue weighted by Gasteiger charge is -2.29. The Kier molecular flexibility index (Phi) is 8.08. The van der Waals surface area contributed by atoms with Crippen molar-refractivity contribution in [1.82, 2.24) is 0 Å². The van der Waals surface area contributed by atoms with Crippen molar-refractivity contribution < 1.29 is 28.5 Å². The number of carbonyl (C=O) groups excluding carboxylic acids is 2. The second kappa shape index (κ2) is 11.8. The van der Waals surface area contributed by atoms with Crippen molar-refractivity contribution in [2.75, 3.05) is 44.2 Å². The Labute approximate surface area is 210 Å². The van der Waals surface area contributed by atoms with Gasteiger partial charge in [0.2, 0.25) is 5.91 Å². The highest BCUT2D eigenvalue weighted by Gasteiger charge is 2.25. The van der Waals surface area contributed by atoms with Crippen LogP contribution in [0, 0.1) is 0 Å². The summed E-state index contributed by atoms with van der Waals surface area (Å²) in [7, 11) is 3.12. The molecule has 3 aromatic carbocycles. The number of nitrogens with zero attached hydrogens (tertiary/aromatic N) is 1. The summed E-state index contributed by atoms with van der Waals surface area (Å²) in [6.45, 7) is 0.923. The van der Waals surface area contributed by atoms with Crippen LogP contribution in [0.15, 0.2) is 72.8 Å². The van der Waals surface area contributed by atoms with Crippen LogP contribution in [-0.4, -0.2) is 45.8 Å². The Morgan fingerprint density at radius 3 is 2.61 bits per heavy atom. The lowest BCUT2D eigenvalue weighted by atomic mass is 10.1. The van der Waals surface area contributed by atoms with Gasteiger partial charge in [-0.05, 0) is 60.5 Å². The zero-order valence-electron chi connectivity index (χ0n) is 20.2. The fourth-order valence-electron chi connectivity index (χ4n) is 3.77. The average molecular weight is 489 g/mol. The minimum Gasteiger partial charge on any atom is -0.494 e. The van der Waals surface area contributed by atoms with E-state index in [2.05, 4.69) is 5.32 Å². The highest BCUT2D eigenvalue weighted by Crippen LogP contribution is 2.35. The molecule has 0 spiro atoms. The molecule has 0 fully saturated rings. The molecule has 0 unspecified atom stereocenters. The van der Waals surface area contributed by atoms with Crippen molar-refractivity contribution in [2.24, 2.45) is 0 Å². The number of methoxy groups -OCH3 is 2. The van der Waals surface area contributed by atoms with Crippen LogP contribution in [0.4, 0.5) is 11.4 Å². The van der Waals surface area contributed by atoms with Crippen molar-refractivity contribution in [1.29, 1.82) is 0 Å². The number of amides is 2. The number of rotatable bonds is 10. The fraction of sp³-hybridized carbons (Fsp3) is 0.214. The van der Waals surface area contributed by atoms with E-state index < -0.39 is 0 Å². The number of fused-ring (bicyclic) bond motifs is 1. The van der Waals surface area contributed by atoms with E-state index in [0.29, 0.717) is 48.2 Å². The number of ether oxygens (including phenoxy) is 4. The molecule has 3 aromatic rings. The van der Waals surface area contributed by atoms with Gasteiger partial charge in [-0.1, -0.05) is 24.3 Å². The molecule has 1 N–H and O–H groups in total. The van der Waals surface area contributed by atoms with Gasteiger partial charge in [-0.25, -0.2) is 0 Å². The van der Waals surface area contributed by atoms with Crippen molar-refractivity contribution in [3.63, 3.8) is 0 Å². The molecule has 0 saturated heterocycles. The van der Waals surface area contributed by atoms with Gasteiger partial charge in [0.1, 0.15) is 11.5 Å². The summed E-state index contributed by atoms with van der Waals surface area (Å²) in [6.07, 6.45) is 3.76. The molecular formula is C28H28N2O6. The Bertz CT molecular complexity index is 1240. The average Bonchev–Trinajstić information content (AvgIpc) is 2.91. The van der Waals surface area contributed by atoms with Crippen LogP contribution in [0.25, 0.3) is 6.08 Å². The summed E-state index contributed by atoms with van der Waals surface area (Å²) in [6, 6.07) is 20.2. The molecule has 186 valence electrons. The van der Waals surface area contributed by atoms with E-state index >= 15 is 0 Å². The predicted molar refractivity (Wildman–Crippen MR) is 138 cm³/mol. The number of carbonyl (C=O) groups is 2. The summed E-state index contributed by atoms with van der Waals surface area (Å²) < 4.78 is 21.8. The minimum absolute atomic E-state index is 0.0215. The maximum Gasteiger partial charge on any atom is 0.265 e. The smallest absolute Gasteiger partial charge is 0.265 e. The lowest BCUT2D eigenvalue weighted by Crippen LogP contribution is -2.39. The van der Waals surface area contributed by atoms with Crippen molar-refractivity contribution in [3.8, 4) is 23.0 Å². The summed E-state index contributed by atoms with van der Waals surface area (Å²) in [4.78, 5) is 26.8. The van der Waals surface area contributed by atoms with E-state index in [9.17, 15) is 9.59 Å². The number of hydrogen-bond acceptors (Lipinski definition) is 6. The number of benzene rings is 3. The van der Waals surface area contributed by atoms with Gasteiger partial charge in [-0.15, -0.1) is 0 Å². The third kappa shape index (κ3) is 6.15. The molecular weight excluding hydrogens is 460 g/mol. The third-order valence-corrected chi connectivity index (χ3v) is 5.54. The van der Waals surface area contributed by atoms with Crippen LogP contribution in [0.3, 0.4) is 0 Å². The molecule has 1 heterocycles. The molecule has 4 rings (SSSR count). The molecule has 1 aliphatic heterocycles. The van der Waals surface area contributed by atoms with Gasteiger partial charge in [0.05, 0.1) is 26.5 Å². The number of para-hydroxylation sites is 1. The Morgan fingerprint density at radius 1 is 1.03 bits per heavy atom. The quantitative estimate of drug-likeness (QED) is 0.333. The summed E-state index contributed by atoms with van der Waals surface area (Å²) >= 11 is 0. The van der Waals surface area contributed by atoms with Gasteiger partial charge >= 0.3 is 0 Å². The van der Waals surface area contributed by atoms with Gasteiger partial charge in [0, 0.05) is 18.3 Å².